The van der Waals surface area contributed by atoms with Crippen LogP contribution < -0.4 is 64.1 Å². The molecule has 0 saturated heterocycles. The molecule has 0 aliphatic carbocycles. The van der Waals surface area contributed by atoms with Gasteiger partial charge in [-0.3, -0.25) is 9.98 Å². The van der Waals surface area contributed by atoms with E-state index in [0.717, 1.165) is 34.5 Å². The molecule has 0 bridgehead atoms. The zero-order valence-electron chi connectivity index (χ0n) is 44.8. The summed E-state index contributed by atoms with van der Waals surface area (Å²) in [5, 5.41) is 39.7. The molecule has 0 radical (unpaired) electrons. The number of anilines is 11. The zero-order chi connectivity index (χ0) is 55.2. The fourth-order valence-corrected chi connectivity index (χ4v) is 9.45. The Balaban J connectivity index is 0.952. The van der Waals surface area contributed by atoms with Gasteiger partial charge in [0.2, 0.25) is 71.0 Å². The Bertz CT molecular complexity index is 2820. The highest BCUT2D eigenvalue weighted by atomic mass is 32.2. The maximum absolute atomic E-state index is 4.64. The number of aromatic amines is 1. The lowest BCUT2D eigenvalue weighted by Gasteiger charge is -2.13. The van der Waals surface area contributed by atoms with E-state index in [9.17, 15) is 0 Å². The molecule has 422 valence electrons. The summed E-state index contributed by atoms with van der Waals surface area (Å²) < 4.78 is 0. The topological polar surface area (TPSA) is 380 Å². The molecule has 0 amide bonds. The first-order valence-corrected chi connectivity index (χ1v) is 31.2. The van der Waals surface area contributed by atoms with Gasteiger partial charge in [-0.2, -0.15) is 84.7 Å². The van der Waals surface area contributed by atoms with E-state index in [-0.39, 0.29) is 0 Å². The maximum Gasteiger partial charge on any atom is 0.228 e. The first kappa shape index (κ1) is 61.0. The van der Waals surface area contributed by atoms with E-state index in [1.807, 2.05) is 0 Å². The third-order valence-corrected chi connectivity index (χ3v) is 13.6. The number of nitrogens with zero attached hydrogens (tertiary/aromatic N) is 18. The van der Waals surface area contributed by atoms with Crippen molar-refractivity contribution in [1.29, 1.82) is 0 Å². The first-order chi connectivity index (χ1) is 38.2. The Morgan fingerprint density at radius 1 is 0.295 bits per heavy atom. The molecule has 78 heavy (non-hydrogen) atoms. The summed E-state index contributed by atoms with van der Waals surface area (Å²) in [5.74, 6) is 10.1. The predicted molar refractivity (Wildman–Crippen MR) is 320 cm³/mol. The van der Waals surface area contributed by atoms with Crippen LogP contribution in [0.5, 0.6) is 0 Å². The second kappa shape index (κ2) is 34.6. The van der Waals surface area contributed by atoms with Crippen LogP contribution in [0.3, 0.4) is 0 Å². The van der Waals surface area contributed by atoms with Gasteiger partial charge in [-0.25, -0.2) is 0 Å². The third-order valence-electron chi connectivity index (χ3n) is 9.26. The predicted octanol–water partition coefficient (Wildman–Crippen LogP) is 4.59. The number of aromatic nitrogens is 18. The molecule has 0 unspecified atom stereocenters. The van der Waals surface area contributed by atoms with Crippen molar-refractivity contribution < 1.29 is 0 Å². The molecule has 0 aliphatic heterocycles. The highest BCUT2D eigenvalue weighted by molar-refractivity contribution is 8.00. The van der Waals surface area contributed by atoms with Gasteiger partial charge in [0.15, 0.2) is 30.9 Å². The average Bonchev–Trinajstić information content (AvgIpc) is 3.43. The summed E-state index contributed by atoms with van der Waals surface area (Å²) in [6.07, 6.45) is 0. The molecular weight excluding hydrogens is 1120 g/mol. The lowest BCUT2D eigenvalue weighted by atomic mass is 10.6. The van der Waals surface area contributed by atoms with Crippen LogP contribution in [0.15, 0.2) is 35.9 Å². The summed E-state index contributed by atoms with van der Waals surface area (Å²) in [7, 11) is 3.46. The van der Waals surface area contributed by atoms with Crippen molar-refractivity contribution in [3.05, 3.63) is 5.62 Å². The standard InChI is InChI=1S/C42H68N30S6/c1-9-73-37-61-25(43-7)55-27(63-37)45-15-17-47-29-57-31(67-39(65-29)75-11-3)49-19-21-51-33-59-35(71-41(69-33)77-13-5)53-23-24-54-36-60-34(70-42(72-36)78-14-6)52-22-20-50-32-58-30(66-40(68-32)76-12-4)48-18-16-46-28-56-26(44-8)62-38(64-28)74-10-2/h9-24H2,1-8H3,(H2,43,45,55,61,63)(H2,44,46,56,62,64)(H2,47,49,57,65,67)(H2,48,50,58,66,68)(H2,51,53,59,69,71)(H2,52,54,60,70,72). The van der Waals surface area contributed by atoms with Crippen molar-refractivity contribution in [3.8, 4) is 0 Å². The molecule has 0 fully saturated rings. The summed E-state index contributed by atoms with van der Waals surface area (Å²) in [6.45, 7) is 17.3. The summed E-state index contributed by atoms with van der Waals surface area (Å²) >= 11 is 9.22. The van der Waals surface area contributed by atoms with Gasteiger partial charge in [-0.15, -0.1) is 0 Å². The molecule has 0 saturated carbocycles. The van der Waals surface area contributed by atoms with E-state index in [4.69, 9.17) is 0 Å². The highest BCUT2D eigenvalue weighted by Gasteiger charge is 2.13. The summed E-state index contributed by atoms with van der Waals surface area (Å²) in [5.41, 5.74) is 0.507. The second-order valence-electron chi connectivity index (χ2n) is 15.0. The molecule has 6 aromatic rings. The average molecular weight is 1190 g/mol. The van der Waals surface area contributed by atoms with Crippen LogP contribution in [0.4, 0.5) is 65.4 Å². The molecule has 36 heteroatoms. The minimum atomic E-state index is 0.437. The number of hydrogen-bond donors (Lipinski definition) is 12. The normalized spacial score (nSPS) is 11.3. The number of rotatable bonds is 38. The van der Waals surface area contributed by atoms with Gasteiger partial charge in [0.05, 0.1) is 0 Å². The lowest BCUT2D eigenvalue weighted by Crippen LogP contribution is -2.22. The number of hydrogen-bond acceptors (Lipinski definition) is 35. The molecule has 6 aromatic heterocycles. The smallest absolute Gasteiger partial charge is 0.228 e. The van der Waals surface area contributed by atoms with Crippen LogP contribution in [-0.4, -0.2) is 204 Å². The second-order valence-corrected chi connectivity index (χ2v) is 22.4. The Hall–Kier alpha value is -6.24. The van der Waals surface area contributed by atoms with Crippen molar-refractivity contribution >= 4 is 136 Å². The monoisotopic (exact) mass is 1180 g/mol. The van der Waals surface area contributed by atoms with Crippen molar-refractivity contribution in [2.45, 2.75) is 72.5 Å². The van der Waals surface area contributed by atoms with Crippen LogP contribution in [0, 0.1) is 0 Å². The van der Waals surface area contributed by atoms with Crippen molar-refractivity contribution in [1.82, 2.24) is 89.7 Å². The maximum atomic E-state index is 4.64. The van der Waals surface area contributed by atoms with Gasteiger partial charge in [0.1, 0.15) is 0 Å². The van der Waals surface area contributed by atoms with E-state index in [1.54, 1.807) is 37.6 Å². The highest BCUT2D eigenvalue weighted by Crippen LogP contribution is 2.21. The number of thioether (sulfide) groups is 6. The Labute approximate surface area is 478 Å². The molecule has 6 rings (SSSR count). The molecule has 0 aromatic carbocycles. The van der Waals surface area contributed by atoms with Gasteiger partial charge in [-0.05, 0) is 34.5 Å². The SMILES string of the molecule is CCSc1nc(NC)nc(NCCNc2nc(NCCNc3nc(NCCNc4nc(NCCNc5nc(NCCNc6nc(SCC)nc(=NC)[nH]6)nc(SCC)n5)nc(SCC)n4)nc(SCC)n3)nc(SCC)n2)n1. The Morgan fingerprint density at radius 3 is 0.744 bits per heavy atom. The third kappa shape index (κ3) is 21.9. The summed E-state index contributed by atoms with van der Waals surface area (Å²) in [4.78, 5) is 84.8. The van der Waals surface area contributed by atoms with Gasteiger partial charge >= 0.3 is 0 Å². The molecule has 0 atom stereocenters. The van der Waals surface area contributed by atoms with Crippen LogP contribution in [0.25, 0.3) is 0 Å². The Kier molecular flexibility index (Phi) is 27.1. The molecule has 30 nitrogen and oxygen atoms in total. The van der Waals surface area contributed by atoms with E-state index in [0.29, 0.717) is 167 Å². The van der Waals surface area contributed by atoms with E-state index < -0.39 is 0 Å². The fraction of sp³-hybridized carbons (Fsp3) is 0.571. The molecule has 12 N–H and O–H groups in total. The first-order valence-electron chi connectivity index (χ1n) is 25.3. The fourth-order valence-electron chi connectivity index (χ4n) is 6.08. The van der Waals surface area contributed by atoms with Crippen molar-refractivity contribution in [2.24, 2.45) is 4.99 Å². The van der Waals surface area contributed by atoms with Crippen LogP contribution in [0.1, 0.15) is 41.5 Å². The van der Waals surface area contributed by atoms with Crippen molar-refractivity contribution in [2.75, 3.05) is 173 Å². The van der Waals surface area contributed by atoms with Gasteiger partial charge in [0.25, 0.3) is 0 Å². The number of nitrogens with one attached hydrogen (secondary N) is 12. The molecular formula is C42H68N30S6. The van der Waals surface area contributed by atoms with Crippen molar-refractivity contribution in [3.63, 3.8) is 0 Å². The van der Waals surface area contributed by atoms with E-state index >= 15 is 0 Å². The van der Waals surface area contributed by atoms with E-state index in [2.05, 4.69) is 195 Å². The minimum Gasteiger partial charge on any atom is -0.357 e. The summed E-state index contributed by atoms with van der Waals surface area (Å²) in [6, 6.07) is 0. The molecule has 6 heterocycles. The lowest BCUT2D eigenvalue weighted by molar-refractivity contribution is 0.824. The van der Waals surface area contributed by atoms with Gasteiger partial charge < -0.3 is 58.5 Å². The molecule has 0 spiro atoms. The van der Waals surface area contributed by atoms with Crippen LogP contribution >= 0.6 is 70.6 Å². The minimum absolute atomic E-state index is 0.437. The molecule has 0 aliphatic rings. The Morgan fingerprint density at radius 2 is 0.513 bits per heavy atom. The van der Waals surface area contributed by atoms with Gasteiger partial charge in [0, 0.05) is 79.5 Å². The van der Waals surface area contributed by atoms with E-state index in [1.165, 1.54) is 47.0 Å². The zero-order valence-corrected chi connectivity index (χ0v) is 49.7. The largest absolute Gasteiger partial charge is 0.357 e. The van der Waals surface area contributed by atoms with Gasteiger partial charge in [-0.1, -0.05) is 112 Å². The van der Waals surface area contributed by atoms with Crippen LogP contribution in [0.2, 0.25) is 0 Å². The number of H-pyrrole nitrogens is 1. The quantitative estimate of drug-likeness (QED) is 0.0186. The van der Waals surface area contributed by atoms with Crippen LogP contribution in [-0.2, 0) is 0 Å².